The summed E-state index contributed by atoms with van der Waals surface area (Å²) in [6.07, 6.45) is 0. The molecule has 3 aliphatic heterocycles. The molecule has 3 heterocycles. The molecule has 1 N–H and O–H groups in total. The van der Waals surface area contributed by atoms with Crippen molar-refractivity contribution in [3.05, 3.63) is 0 Å². The van der Waals surface area contributed by atoms with Crippen molar-refractivity contribution in [2.45, 2.75) is 0 Å². The highest BCUT2D eigenvalue weighted by molar-refractivity contribution is 7.50. The van der Waals surface area contributed by atoms with Crippen molar-refractivity contribution < 1.29 is 0 Å². The average molecular weight is 202 g/mol. The van der Waals surface area contributed by atoms with Gasteiger partial charge in [0, 0.05) is 39.3 Å². The van der Waals surface area contributed by atoms with Gasteiger partial charge in [0.2, 0.25) is 0 Å². The molecule has 0 aromatic rings. The van der Waals surface area contributed by atoms with Crippen molar-refractivity contribution in [2.24, 2.45) is 0 Å². The molecule has 0 aromatic heterocycles. The van der Waals surface area contributed by atoms with Gasteiger partial charge in [-0.15, -0.1) is 0 Å². The summed E-state index contributed by atoms with van der Waals surface area (Å²) in [4.78, 5) is 2.55. The fraction of sp³-hybridized carbons (Fsp3) is 1.00. The molecule has 3 fully saturated rings. The Morgan fingerprint density at radius 3 is 2.15 bits per heavy atom. The number of nitrogens with zero attached hydrogens (tertiary/aromatic N) is 3. The molecule has 0 saturated carbocycles. The number of hydrogen-bond acceptors (Lipinski definition) is 4. The van der Waals surface area contributed by atoms with Crippen LogP contribution in [0.5, 0.6) is 0 Å². The molecule has 5 heteroatoms. The maximum Gasteiger partial charge on any atom is 0.116 e. The molecule has 76 valence electrons. The van der Waals surface area contributed by atoms with Gasteiger partial charge in [0.05, 0.1) is 0 Å². The van der Waals surface area contributed by atoms with Crippen molar-refractivity contribution in [3.8, 4) is 0 Å². The Kier molecular flexibility index (Phi) is 3.17. The summed E-state index contributed by atoms with van der Waals surface area (Å²) >= 11 is 0. The fourth-order valence-electron chi connectivity index (χ4n) is 1.91. The second-order valence-electron chi connectivity index (χ2n) is 3.80. The van der Waals surface area contributed by atoms with E-state index < -0.39 is 0 Å². The van der Waals surface area contributed by atoms with E-state index in [1.807, 2.05) is 0 Å². The van der Waals surface area contributed by atoms with Crippen LogP contribution < -0.4 is 5.09 Å². The van der Waals surface area contributed by atoms with Crippen LogP contribution in [-0.2, 0) is 0 Å². The van der Waals surface area contributed by atoms with Gasteiger partial charge in [-0.1, -0.05) is 0 Å². The van der Waals surface area contributed by atoms with E-state index in [2.05, 4.69) is 33.4 Å². The monoisotopic (exact) mass is 202 g/mol. The van der Waals surface area contributed by atoms with Crippen molar-refractivity contribution >= 4 is 8.37 Å². The third kappa shape index (κ3) is 2.20. The number of rotatable bonds is 0. The van der Waals surface area contributed by atoms with Crippen LogP contribution in [0, 0.1) is 0 Å². The number of nitrogens with one attached hydrogen (secondary N) is 1. The summed E-state index contributed by atoms with van der Waals surface area (Å²) in [5.41, 5.74) is 0. The second kappa shape index (κ2) is 4.20. The van der Waals surface area contributed by atoms with E-state index in [1.165, 1.54) is 32.7 Å². The van der Waals surface area contributed by atoms with Gasteiger partial charge in [-0.2, -0.15) is 0 Å². The first-order chi connectivity index (χ1) is 6.27. The quantitative estimate of drug-likeness (QED) is 0.558. The molecule has 0 unspecified atom stereocenters. The third-order valence-corrected chi connectivity index (χ3v) is 5.01. The minimum Gasteiger partial charge on any atom is -0.299 e. The molecule has 3 aliphatic rings. The lowest BCUT2D eigenvalue weighted by Crippen LogP contribution is -2.49. The molecule has 0 aromatic carbocycles. The van der Waals surface area contributed by atoms with Crippen molar-refractivity contribution in [3.63, 3.8) is 0 Å². The largest absolute Gasteiger partial charge is 0.299 e. The molecule has 0 atom stereocenters. The van der Waals surface area contributed by atoms with E-state index in [0.29, 0.717) is 0 Å². The van der Waals surface area contributed by atoms with Crippen LogP contribution in [0.15, 0.2) is 0 Å². The topological polar surface area (TPSA) is 21.8 Å². The lowest BCUT2D eigenvalue weighted by Gasteiger charge is -2.42. The smallest absolute Gasteiger partial charge is 0.116 e. The summed E-state index contributed by atoms with van der Waals surface area (Å²) in [5.74, 6) is 0. The summed E-state index contributed by atoms with van der Waals surface area (Å²) in [6, 6.07) is 0. The lowest BCUT2D eigenvalue weighted by molar-refractivity contribution is 0.218. The standard InChI is InChI=1S/C8H19N4P/c1-10-5-7-12-4-3-9-13(10)11(2)6-8-12/h9H,3-8H2,1-2H3. The van der Waals surface area contributed by atoms with E-state index in [-0.39, 0.29) is 8.37 Å². The Morgan fingerprint density at radius 2 is 1.54 bits per heavy atom. The normalized spacial score (nSPS) is 38.3. The highest BCUT2D eigenvalue weighted by atomic mass is 31.1. The second-order valence-corrected chi connectivity index (χ2v) is 6.06. The molecule has 0 aliphatic carbocycles. The van der Waals surface area contributed by atoms with Crippen molar-refractivity contribution in [1.29, 1.82) is 0 Å². The fourth-order valence-corrected chi connectivity index (χ4v) is 3.77. The van der Waals surface area contributed by atoms with Crippen LogP contribution in [-0.4, -0.2) is 67.6 Å². The van der Waals surface area contributed by atoms with Gasteiger partial charge in [0.25, 0.3) is 0 Å². The van der Waals surface area contributed by atoms with Gasteiger partial charge in [0.1, 0.15) is 8.37 Å². The van der Waals surface area contributed by atoms with Gasteiger partial charge in [0.15, 0.2) is 0 Å². The first-order valence-electron chi connectivity index (χ1n) is 4.95. The Balaban J connectivity index is 2.09. The van der Waals surface area contributed by atoms with Crippen LogP contribution in [0.2, 0.25) is 0 Å². The van der Waals surface area contributed by atoms with Crippen LogP contribution in [0.3, 0.4) is 0 Å². The van der Waals surface area contributed by atoms with Gasteiger partial charge >= 0.3 is 0 Å². The number of fused-ring (bicyclic) bond motifs is 6. The molecule has 3 rings (SSSR count). The molecular formula is C8H19N4P. The average Bonchev–Trinajstić information content (AvgIpc) is 2.06. The van der Waals surface area contributed by atoms with E-state index in [4.69, 9.17) is 0 Å². The summed E-state index contributed by atoms with van der Waals surface area (Å²) < 4.78 is 4.92. The first kappa shape index (κ1) is 9.81. The zero-order chi connectivity index (χ0) is 9.26. The molecule has 0 spiro atoms. The minimum atomic E-state index is -0.210. The zero-order valence-corrected chi connectivity index (χ0v) is 9.43. The molecule has 4 nitrogen and oxygen atoms in total. The predicted molar refractivity (Wildman–Crippen MR) is 56.6 cm³/mol. The summed E-state index contributed by atoms with van der Waals surface area (Å²) in [5, 5.41) is 3.63. The first-order valence-corrected chi connectivity index (χ1v) is 6.20. The molecule has 3 saturated heterocycles. The van der Waals surface area contributed by atoms with E-state index in [9.17, 15) is 0 Å². The Morgan fingerprint density at radius 1 is 0.923 bits per heavy atom. The maximum atomic E-state index is 3.63. The molecule has 0 amide bonds. The molecule has 0 radical (unpaired) electrons. The lowest BCUT2D eigenvalue weighted by atomic mass is 10.4. The number of hydrogen-bond donors (Lipinski definition) is 1. The van der Waals surface area contributed by atoms with Crippen molar-refractivity contribution in [2.75, 3.05) is 53.4 Å². The maximum absolute atomic E-state index is 3.63. The summed E-state index contributed by atoms with van der Waals surface area (Å²) in [6.45, 7) is 7.24. The van der Waals surface area contributed by atoms with E-state index >= 15 is 0 Å². The Bertz CT molecular complexity index is 164. The predicted octanol–water partition coefficient (Wildman–Crippen LogP) is -0.00430. The Hall–Kier alpha value is 0.270. The zero-order valence-electron chi connectivity index (χ0n) is 8.53. The minimum absolute atomic E-state index is 0.210. The van der Waals surface area contributed by atoms with Gasteiger partial charge in [-0.3, -0.25) is 19.3 Å². The Labute approximate surface area is 81.8 Å². The molecular weight excluding hydrogens is 183 g/mol. The van der Waals surface area contributed by atoms with E-state index in [0.717, 1.165) is 6.54 Å². The highest BCUT2D eigenvalue weighted by Crippen LogP contribution is 2.38. The molecule has 2 bridgehead atoms. The van der Waals surface area contributed by atoms with Gasteiger partial charge in [-0.05, 0) is 14.1 Å². The third-order valence-electron chi connectivity index (χ3n) is 2.81. The van der Waals surface area contributed by atoms with Gasteiger partial charge in [-0.25, -0.2) is 0 Å². The van der Waals surface area contributed by atoms with Crippen LogP contribution in [0.4, 0.5) is 0 Å². The van der Waals surface area contributed by atoms with Crippen LogP contribution >= 0.6 is 8.37 Å². The van der Waals surface area contributed by atoms with Crippen molar-refractivity contribution in [1.82, 2.24) is 19.3 Å². The summed E-state index contributed by atoms with van der Waals surface area (Å²) in [7, 11) is 4.24. The van der Waals surface area contributed by atoms with Crippen LogP contribution in [0.25, 0.3) is 0 Å². The van der Waals surface area contributed by atoms with E-state index in [1.54, 1.807) is 0 Å². The highest BCUT2D eigenvalue weighted by Gasteiger charge is 2.25. The number of likely N-dealkylation sites (N-methyl/N-ethyl adjacent to an activating group) is 2. The van der Waals surface area contributed by atoms with Gasteiger partial charge < -0.3 is 0 Å². The molecule has 13 heavy (non-hydrogen) atoms. The SMILES string of the molecule is CN1CCN2CCNP1N(C)CC2. The van der Waals surface area contributed by atoms with Crippen LogP contribution in [0.1, 0.15) is 0 Å².